The monoisotopic (exact) mass is 265 g/mol. The molecule has 3 heteroatoms. The van der Waals surface area contributed by atoms with E-state index in [9.17, 15) is 0 Å². The fourth-order valence-corrected chi connectivity index (χ4v) is 2.94. The van der Waals surface area contributed by atoms with Crippen LogP contribution in [0.25, 0.3) is 10.4 Å². The van der Waals surface area contributed by atoms with Crippen molar-refractivity contribution in [2.24, 2.45) is 0 Å². The Morgan fingerprint density at radius 3 is 2.35 bits per heavy atom. The van der Waals surface area contributed by atoms with E-state index in [1.807, 2.05) is 6.92 Å². The Balaban J connectivity index is 2.36. The van der Waals surface area contributed by atoms with E-state index in [0.29, 0.717) is 11.8 Å². The van der Waals surface area contributed by atoms with Crippen LogP contribution in [0.15, 0.2) is 24.3 Å². The predicted molar refractivity (Wildman–Crippen MR) is 75.9 cm³/mol. The van der Waals surface area contributed by atoms with Crippen LogP contribution in [0.2, 0.25) is 0 Å². The summed E-state index contributed by atoms with van der Waals surface area (Å²) < 4.78 is 0. The third-order valence-corrected chi connectivity index (χ3v) is 4.41. The molecule has 90 valence electrons. The first-order valence-electron chi connectivity index (χ1n) is 5.74. The van der Waals surface area contributed by atoms with E-state index in [2.05, 4.69) is 43.1 Å². The van der Waals surface area contributed by atoms with E-state index < -0.39 is 0 Å². The van der Waals surface area contributed by atoms with Crippen molar-refractivity contribution in [3.05, 3.63) is 40.5 Å². The average molecular weight is 266 g/mol. The number of rotatable bonds is 3. The molecule has 2 aromatic rings. The Hall–Kier alpha value is -0.860. The summed E-state index contributed by atoms with van der Waals surface area (Å²) in [7, 11) is 0. The van der Waals surface area contributed by atoms with Gasteiger partial charge in [-0.2, -0.15) is 0 Å². The van der Waals surface area contributed by atoms with Crippen LogP contribution in [0.1, 0.15) is 36.0 Å². The Morgan fingerprint density at radius 1 is 1.24 bits per heavy atom. The molecule has 0 bridgehead atoms. The third kappa shape index (κ3) is 2.70. The molecule has 0 spiro atoms. The summed E-state index contributed by atoms with van der Waals surface area (Å²) >= 11 is 7.50. The molecule has 1 aromatic carbocycles. The quantitative estimate of drug-likeness (QED) is 0.713. The Labute approximate surface area is 111 Å². The van der Waals surface area contributed by atoms with Crippen LogP contribution in [0, 0.1) is 6.92 Å². The van der Waals surface area contributed by atoms with Gasteiger partial charge >= 0.3 is 0 Å². The van der Waals surface area contributed by atoms with Crippen molar-refractivity contribution in [3.63, 3.8) is 0 Å². The van der Waals surface area contributed by atoms with Gasteiger partial charge in [-0.3, -0.25) is 0 Å². The van der Waals surface area contributed by atoms with Gasteiger partial charge in [-0.05, 0) is 24.0 Å². The zero-order valence-corrected chi connectivity index (χ0v) is 11.9. The van der Waals surface area contributed by atoms with Crippen molar-refractivity contribution >= 4 is 22.9 Å². The van der Waals surface area contributed by atoms with Gasteiger partial charge in [0, 0.05) is 0 Å². The summed E-state index contributed by atoms with van der Waals surface area (Å²) in [5.74, 6) is 1.07. The number of benzene rings is 1. The number of alkyl halides is 1. The second kappa shape index (κ2) is 5.19. The molecule has 1 heterocycles. The number of thiazole rings is 1. The fourth-order valence-electron chi connectivity index (χ4n) is 1.80. The summed E-state index contributed by atoms with van der Waals surface area (Å²) in [5.41, 5.74) is 3.68. The maximum atomic E-state index is 5.81. The van der Waals surface area contributed by atoms with Gasteiger partial charge in [0.2, 0.25) is 0 Å². The van der Waals surface area contributed by atoms with Crippen LogP contribution in [0.3, 0.4) is 0 Å². The number of nitrogens with zero attached hydrogens (tertiary/aromatic N) is 1. The zero-order chi connectivity index (χ0) is 12.4. The molecule has 1 nitrogen and oxygen atoms in total. The van der Waals surface area contributed by atoms with Gasteiger partial charge in [0.05, 0.1) is 16.5 Å². The second-order valence-electron chi connectivity index (χ2n) is 4.43. The van der Waals surface area contributed by atoms with Gasteiger partial charge in [-0.15, -0.1) is 22.9 Å². The number of aryl methyl sites for hydroxylation is 1. The minimum Gasteiger partial charge on any atom is -0.245 e. The largest absolute Gasteiger partial charge is 0.245 e. The first kappa shape index (κ1) is 12.6. The zero-order valence-electron chi connectivity index (χ0n) is 10.3. The summed E-state index contributed by atoms with van der Waals surface area (Å²) in [4.78, 5) is 5.68. The average Bonchev–Trinajstić information content (AvgIpc) is 2.71. The molecule has 1 aromatic heterocycles. The third-order valence-electron chi connectivity index (χ3n) is 2.79. The van der Waals surface area contributed by atoms with Crippen LogP contribution in [-0.4, -0.2) is 4.98 Å². The summed E-state index contributed by atoms with van der Waals surface area (Å²) in [6.07, 6.45) is 0. The Bertz CT molecular complexity index is 499. The maximum Gasteiger partial charge on any atom is 0.108 e. The molecule has 0 aliphatic heterocycles. The van der Waals surface area contributed by atoms with E-state index in [-0.39, 0.29) is 0 Å². The van der Waals surface area contributed by atoms with Crippen molar-refractivity contribution < 1.29 is 0 Å². The molecular weight excluding hydrogens is 250 g/mol. The van der Waals surface area contributed by atoms with E-state index in [4.69, 9.17) is 11.6 Å². The van der Waals surface area contributed by atoms with Crippen LogP contribution in [0.5, 0.6) is 0 Å². The van der Waals surface area contributed by atoms with Crippen molar-refractivity contribution in [1.82, 2.24) is 4.98 Å². The lowest BCUT2D eigenvalue weighted by atomic mass is 10.0. The van der Waals surface area contributed by atoms with Gasteiger partial charge in [-0.1, -0.05) is 38.1 Å². The van der Waals surface area contributed by atoms with Crippen LogP contribution in [-0.2, 0) is 5.88 Å². The van der Waals surface area contributed by atoms with Crippen molar-refractivity contribution in [2.45, 2.75) is 32.6 Å². The molecule has 2 rings (SSSR count). The van der Waals surface area contributed by atoms with Gasteiger partial charge in [-0.25, -0.2) is 4.98 Å². The normalized spacial score (nSPS) is 11.1. The molecule has 0 fully saturated rings. The second-order valence-corrected chi connectivity index (χ2v) is 5.78. The topological polar surface area (TPSA) is 12.9 Å². The first-order chi connectivity index (χ1) is 8.11. The molecule has 0 saturated heterocycles. The lowest BCUT2D eigenvalue weighted by Crippen LogP contribution is -1.86. The molecule has 0 amide bonds. The summed E-state index contributed by atoms with van der Waals surface area (Å²) in [6, 6.07) is 8.74. The van der Waals surface area contributed by atoms with E-state index in [0.717, 1.165) is 10.7 Å². The first-order valence-corrected chi connectivity index (χ1v) is 7.09. The highest BCUT2D eigenvalue weighted by Gasteiger charge is 2.09. The summed E-state index contributed by atoms with van der Waals surface area (Å²) in [5, 5.41) is 0.993. The fraction of sp³-hybridized carbons (Fsp3) is 0.357. The standard InChI is InChI=1S/C14H16ClNS/c1-9(2)11-4-6-12(7-5-11)14-10(3)16-13(8-15)17-14/h4-7,9H,8H2,1-3H3. The Morgan fingerprint density at radius 2 is 1.88 bits per heavy atom. The van der Waals surface area contributed by atoms with E-state index in [1.165, 1.54) is 16.0 Å². The molecule has 0 aliphatic carbocycles. The molecule has 0 radical (unpaired) electrons. The molecule has 0 unspecified atom stereocenters. The van der Waals surface area contributed by atoms with Crippen LogP contribution >= 0.6 is 22.9 Å². The molecule has 0 saturated carbocycles. The maximum absolute atomic E-state index is 5.81. The molecular formula is C14H16ClNS. The van der Waals surface area contributed by atoms with Gasteiger partial charge in [0.1, 0.15) is 5.01 Å². The highest BCUT2D eigenvalue weighted by atomic mass is 35.5. The number of halogens is 1. The number of hydrogen-bond acceptors (Lipinski definition) is 2. The SMILES string of the molecule is Cc1nc(CCl)sc1-c1ccc(C(C)C)cc1. The minimum atomic E-state index is 0.496. The lowest BCUT2D eigenvalue weighted by Gasteiger charge is -2.06. The van der Waals surface area contributed by atoms with E-state index in [1.54, 1.807) is 11.3 Å². The van der Waals surface area contributed by atoms with Gasteiger partial charge in [0.15, 0.2) is 0 Å². The molecule has 0 atom stereocenters. The van der Waals surface area contributed by atoms with Gasteiger partial charge < -0.3 is 0 Å². The molecule has 0 N–H and O–H groups in total. The summed E-state index contributed by atoms with van der Waals surface area (Å²) in [6.45, 7) is 6.45. The number of hydrogen-bond donors (Lipinski definition) is 0. The lowest BCUT2D eigenvalue weighted by molar-refractivity contribution is 0.867. The predicted octanol–water partition coefficient (Wildman–Crippen LogP) is 4.98. The van der Waals surface area contributed by atoms with Crippen molar-refractivity contribution in [2.75, 3.05) is 0 Å². The highest BCUT2D eigenvalue weighted by Crippen LogP contribution is 2.31. The minimum absolute atomic E-state index is 0.496. The smallest absolute Gasteiger partial charge is 0.108 e. The molecule has 0 aliphatic rings. The van der Waals surface area contributed by atoms with Gasteiger partial charge in [0.25, 0.3) is 0 Å². The van der Waals surface area contributed by atoms with Crippen molar-refractivity contribution in [1.29, 1.82) is 0 Å². The number of aromatic nitrogens is 1. The van der Waals surface area contributed by atoms with E-state index >= 15 is 0 Å². The molecule has 17 heavy (non-hydrogen) atoms. The van der Waals surface area contributed by atoms with Crippen LogP contribution in [0.4, 0.5) is 0 Å². The highest BCUT2D eigenvalue weighted by molar-refractivity contribution is 7.15. The Kier molecular flexibility index (Phi) is 3.85. The van der Waals surface area contributed by atoms with Crippen LogP contribution < -0.4 is 0 Å². The van der Waals surface area contributed by atoms with Crippen molar-refractivity contribution in [3.8, 4) is 10.4 Å².